The van der Waals surface area contributed by atoms with Crippen LogP contribution >= 0.6 is 11.3 Å². The third kappa shape index (κ3) is 3.06. The number of hydrogen-bond donors (Lipinski definition) is 1. The molecule has 1 aromatic heterocycles. The van der Waals surface area contributed by atoms with Crippen LogP contribution < -0.4 is 5.73 Å². The molecular weight excluding hydrogens is 216 g/mol. The lowest BCUT2D eigenvalue weighted by atomic mass is 9.98. The number of rotatable bonds is 4. The molecule has 2 nitrogen and oxygen atoms in total. The third-order valence-electron chi connectivity index (χ3n) is 3.45. The summed E-state index contributed by atoms with van der Waals surface area (Å²) in [4.78, 5) is 4.03. The second-order valence-electron chi connectivity index (χ2n) is 4.96. The fourth-order valence-corrected chi connectivity index (χ4v) is 3.40. The summed E-state index contributed by atoms with van der Waals surface area (Å²) < 4.78 is 0. The Labute approximate surface area is 102 Å². The SMILES string of the molecule is CC1CCCN(CC(CN)c2cccs2)C1. The average molecular weight is 238 g/mol. The highest BCUT2D eigenvalue weighted by atomic mass is 32.1. The highest BCUT2D eigenvalue weighted by Crippen LogP contribution is 2.24. The maximum atomic E-state index is 5.90. The minimum atomic E-state index is 0.533. The van der Waals surface area contributed by atoms with Gasteiger partial charge < -0.3 is 10.6 Å². The van der Waals surface area contributed by atoms with Gasteiger partial charge in [0.05, 0.1) is 0 Å². The van der Waals surface area contributed by atoms with Crippen molar-refractivity contribution in [1.82, 2.24) is 4.90 Å². The number of likely N-dealkylation sites (tertiary alicyclic amines) is 1. The van der Waals surface area contributed by atoms with Crippen LogP contribution in [-0.4, -0.2) is 31.1 Å². The largest absolute Gasteiger partial charge is 0.330 e. The van der Waals surface area contributed by atoms with Crippen LogP contribution in [0, 0.1) is 5.92 Å². The molecular formula is C13H22N2S. The molecule has 0 spiro atoms. The van der Waals surface area contributed by atoms with Crippen molar-refractivity contribution in [3.63, 3.8) is 0 Å². The summed E-state index contributed by atoms with van der Waals surface area (Å²) >= 11 is 1.84. The first kappa shape index (κ1) is 12.1. The first-order chi connectivity index (χ1) is 7.79. The second-order valence-corrected chi connectivity index (χ2v) is 5.93. The molecule has 2 atom stereocenters. The van der Waals surface area contributed by atoms with E-state index >= 15 is 0 Å². The average Bonchev–Trinajstić information content (AvgIpc) is 2.79. The van der Waals surface area contributed by atoms with Crippen LogP contribution in [0.15, 0.2) is 17.5 Å². The molecule has 1 aromatic rings. The molecule has 0 bridgehead atoms. The van der Waals surface area contributed by atoms with Crippen LogP contribution in [0.4, 0.5) is 0 Å². The van der Waals surface area contributed by atoms with Crippen LogP contribution in [0.3, 0.4) is 0 Å². The van der Waals surface area contributed by atoms with Crippen molar-refractivity contribution in [2.24, 2.45) is 11.7 Å². The second kappa shape index (κ2) is 5.80. The molecule has 1 aliphatic rings. The van der Waals surface area contributed by atoms with Crippen LogP contribution in [0.25, 0.3) is 0 Å². The van der Waals surface area contributed by atoms with Crippen LogP contribution in [0.5, 0.6) is 0 Å². The van der Waals surface area contributed by atoms with Crippen LogP contribution in [0.2, 0.25) is 0 Å². The van der Waals surface area contributed by atoms with Gasteiger partial charge in [0, 0.05) is 30.4 Å². The van der Waals surface area contributed by atoms with E-state index in [0.717, 1.165) is 19.0 Å². The molecule has 2 unspecified atom stereocenters. The van der Waals surface area contributed by atoms with E-state index < -0.39 is 0 Å². The Morgan fingerprint density at radius 3 is 3.12 bits per heavy atom. The highest BCUT2D eigenvalue weighted by Gasteiger charge is 2.20. The Hall–Kier alpha value is -0.380. The van der Waals surface area contributed by atoms with E-state index in [0.29, 0.717) is 5.92 Å². The summed E-state index contributed by atoms with van der Waals surface area (Å²) in [6, 6.07) is 4.34. The number of piperidine rings is 1. The molecule has 3 heteroatoms. The van der Waals surface area contributed by atoms with E-state index in [2.05, 4.69) is 29.3 Å². The number of hydrogen-bond acceptors (Lipinski definition) is 3. The van der Waals surface area contributed by atoms with Gasteiger partial charge in [0.25, 0.3) is 0 Å². The predicted molar refractivity (Wildman–Crippen MR) is 71.0 cm³/mol. The van der Waals surface area contributed by atoms with E-state index in [1.54, 1.807) is 0 Å². The molecule has 16 heavy (non-hydrogen) atoms. The monoisotopic (exact) mass is 238 g/mol. The van der Waals surface area contributed by atoms with Crippen molar-refractivity contribution in [1.29, 1.82) is 0 Å². The zero-order chi connectivity index (χ0) is 11.4. The molecule has 2 heterocycles. The van der Waals surface area contributed by atoms with Gasteiger partial charge in [0.1, 0.15) is 0 Å². The van der Waals surface area contributed by atoms with Gasteiger partial charge in [-0.2, -0.15) is 0 Å². The Morgan fingerprint density at radius 2 is 2.50 bits per heavy atom. The normalized spacial score (nSPS) is 24.5. The van der Waals surface area contributed by atoms with Crippen molar-refractivity contribution in [3.05, 3.63) is 22.4 Å². The molecule has 0 aromatic carbocycles. The number of nitrogens with zero attached hydrogens (tertiary/aromatic N) is 1. The molecule has 0 saturated carbocycles. The third-order valence-corrected chi connectivity index (χ3v) is 4.48. The quantitative estimate of drug-likeness (QED) is 0.873. The Morgan fingerprint density at radius 1 is 1.62 bits per heavy atom. The molecule has 1 saturated heterocycles. The topological polar surface area (TPSA) is 29.3 Å². The van der Waals surface area contributed by atoms with Crippen molar-refractivity contribution in [3.8, 4) is 0 Å². The van der Waals surface area contributed by atoms with Gasteiger partial charge in [0.15, 0.2) is 0 Å². The molecule has 2 rings (SSSR count). The number of thiophene rings is 1. The van der Waals surface area contributed by atoms with Gasteiger partial charge in [-0.25, -0.2) is 0 Å². The molecule has 90 valence electrons. The summed E-state index contributed by atoms with van der Waals surface area (Å²) in [6.45, 7) is 6.77. The summed E-state index contributed by atoms with van der Waals surface area (Å²) in [6.07, 6.45) is 2.74. The Kier molecular flexibility index (Phi) is 4.38. The predicted octanol–water partition coefficient (Wildman–Crippen LogP) is 2.52. The van der Waals surface area contributed by atoms with Crippen molar-refractivity contribution < 1.29 is 0 Å². The first-order valence-corrected chi connectivity index (χ1v) is 7.13. The van der Waals surface area contributed by atoms with E-state index in [1.165, 1.54) is 30.8 Å². The van der Waals surface area contributed by atoms with Crippen molar-refractivity contribution in [2.45, 2.75) is 25.7 Å². The summed E-state index contributed by atoms with van der Waals surface area (Å²) in [5.74, 6) is 1.39. The lowest BCUT2D eigenvalue weighted by molar-refractivity contribution is 0.175. The first-order valence-electron chi connectivity index (χ1n) is 6.25. The maximum Gasteiger partial charge on any atom is 0.0183 e. The lowest BCUT2D eigenvalue weighted by Gasteiger charge is -2.33. The van der Waals surface area contributed by atoms with E-state index in [4.69, 9.17) is 5.73 Å². The molecule has 0 radical (unpaired) electrons. The number of nitrogens with two attached hydrogens (primary N) is 1. The van der Waals surface area contributed by atoms with Gasteiger partial charge >= 0.3 is 0 Å². The van der Waals surface area contributed by atoms with E-state index in [9.17, 15) is 0 Å². The minimum absolute atomic E-state index is 0.533. The summed E-state index contributed by atoms with van der Waals surface area (Å²) in [5, 5.41) is 2.15. The zero-order valence-corrected chi connectivity index (χ0v) is 10.9. The molecule has 0 aliphatic carbocycles. The fourth-order valence-electron chi connectivity index (χ4n) is 2.57. The summed E-state index contributed by atoms with van der Waals surface area (Å²) in [5.41, 5.74) is 5.90. The maximum absolute atomic E-state index is 5.90. The molecule has 1 fully saturated rings. The standard InChI is InChI=1S/C13H22N2S/c1-11-4-2-6-15(9-11)10-12(8-14)13-5-3-7-16-13/h3,5,7,11-12H,2,4,6,8-10,14H2,1H3. The molecule has 1 aliphatic heterocycles. The van der Waals surface area contributed by atoms with E-state index in [1.807, 2.05) is 11.3 Å². The summed E-state index contributed by atoms with van der Waals surface area (Å²) in [7, 11) is 0. The van der Waals surface area contributed by atoms with Crippen molar-refractivity contribution in [2.75, 3.05) is 26.2 Å². The highest BCUT2D eigenvalue weighted by molar-refractivity contribution is 7.10. The smallest absolute Gasteiger partial charge is 0.0183 e. The zero-order valence-electron chi connectivity index (χ0n) is 10.1. The van der Waals surface area contributed by atoms with Crippen molar-refractivity contribution >= 4 is 11.3 Å². The Balaban J connectivity index is 1.91. The van der Waals surface area contributed by atoms with Gasteiger partial charge in [-0.3, -0.25) is 0 Å². The molecule has 2 N–H and O–H groups in total. The van der Waals surface area contributed by atoms with Crippen LogP contribution in [0.1, 0.15) is 30.6 Å². The Bertz CT molecular complexity index is 297. The lowest BCUT2D eigenvalue weighted by Crippen LogP contribution is -2.38. The van der Waals surface area contributed by atoms with Gasteiger partial charge in [-0.1, -0.05) is 13.0 Å². The minimum Gasteiger partial charge on any atom is -0.330 e. The van der Waals surface area contributed by atoms with Crippen LogP contribution in [-0.2, 0) is 0 Å². The van der Waals surface area contributed by atoms with E-state index in [-0.39, 0.29) is 0 Å². The fraction of sp³-hybridized carbons (Fsp3) is 0.692. The van der Waals surface area contributed by atoms with Gasteiger partial charge in [-0.05, 0) is 36.8 Å². The van der Waals surface area contributed by atoms with Gasteiger partial charge in [0.2, 0.25) is 0 Å². The molecule has 0 amide bonds. The van der Waals surface area contributed by atoms with Gasteiger partial charge in [-0.15, -0.1) is 11.3 Å².